The number of hydrogen-bond acceptors (Lipinski definition) is 5. The van der Waals surface area contributed by atoms with Gasteiger partial charge in [-0.2, -0.15) is 0 Å². The minimum atomic E-state index is -1.00. The molecule has 1 amide bonds. The summed E-state index contributed by atoms with van der Waals surface area (Å²) in [7, 11) is 1.52. The Labute approximate surface area is 149 Å². The van der Waals surface area contributed by atoms with Gasteiger partial charge in [-0.25, -0.2) is 14.4 Å². The lowest BCUT2D eigenvalue weighted by atomic mass is 10.1. The summed E-state index contributed by atoms with van der Waals surface area (Å²) in [5, 5.41) is 9.12. The number of methoxy groups -OCH3 is 1. The summed E-state index contributed by atoms with van der Waals surface area (Å²) >= 11 is 0. The van der Waals surface area contributed by atoms with Crippen molar-refractivity contribution in [2.24, 2.45) is 0 Å². The Hall–Kier alpha value is -2.61. The number of aliphatic carboxylic acids is 1. The van der Waals surface area contributed by atoms with Crippen molar-refractivity contribution in [3.05, 3.63) is 34.9 Å². The van der Waals surface area contributed by atoms with E-state index in [0.717, 1.165) is 6.07 Å². The molecule has 2 atom stereocenters. The largest absolute Gasteiger partial charge is 0.481 e. The van der Waals surface area contributed by atoms with E-state index in [1.165, 1.54) is 18.1 Å². The second-order valence-corrected chi connectivity index (χ2v) is 6.52. The second kappa shape index (κ2) is 6.95. The van der Waals surface area contributed by atoms with Crippen LogP contribution in [0.25, 0.3) is 11.0 Å². The third-order valence-corrected chi connectivity index (χ3v) is 4.76. The van der Waals surface area contributed by atoms with Crippen LogP contribution in [-0.4, -0.2) is 57.7 Å². The number of aromatic nitrogens is 2. The first-order valence-electron chi connectivity index (χ1n) is 8.30. The van der Waals surface area contributed by atoms with Gasteiger partial charge in [0, 0.05) is 25.8 Å². The van der Waals surface area contributed by atoms with E-state index in [4.69, 9.17) is 9.84 Å². The highest BCUT2D eigenvalue weighted by Gasteiger charge is 2.37. The second-order valence-electron chi connectivity index (χ2n) is 6.52. The molecule has 26 heavy (non-hydrogen) atoms. The molecule has 7 nitrogen and oxygen atoms in total. The van der Waals surface area contributed by atoms with E-state index in [9.17, 15) is 14.0 Å². The number of carboxylic acids is 1. The molecule has 0 spiro atoms. The molecular formula is C18H20FN3O4. The van der Waals surface area contributed by atoms with Gasteiger partial charge in [0.1, 0.15) is 11.3 Å². The van der Waals surface area contributed by atoms with E-state index in [1.807, 2.05) is 0 Å². The SMILES string of the molecule is COC1CC(CC(=O)O)N(C(=O)c2cc(F)cc3nc(C)c(C)nc23)C1. The van der Waals surface area contributed by atoms with Crippen LogP contribution in [0, 0.1) is 19.7 Å². The molecule has 0 saturated carbocycles. The molecule has 1 saturated heterocycles. The van der Waals surface area contributed by atoms with Crippen LogP contribution in [0.3, 0.4) is 0 Å². The number of carboxylic acid groups (broad SMARTS) is 1. The van der Waals surface area contributed by atoms with E-state index in [1.54, 1.807) is 13.8 Å². The van der Waals surface area contributed by atoms with Crippen molar-refractivity contribution in [3.63, 3.8) is 0 Å². The predicted molar refractivity (Wildman–Crippen MR) is 91.5 cm³/mol. The summed E-state index contributed by atoms with van der Waals surface area (Å²) in [4.78, 5) is 34.4. The molecule has 1 aromatic carbocycles. The highest BCUT2D eigenvalue weighted by molar-refractivity contribution is 6.05. The molecule has 0 aliphatic carbocycles. The number of nitrogens with zero attached hydrogens (tertiary/aromatic N) is 3. The molecule has 1 N–H and O–H groups in total. The zero-order valence-electron chi connectivity index (χ0n) is 14.8. The molecular weight excluding hydrogens is 341 g/mol. The molecule has 0 bridgehead atoms. The number of halogens is 1. The van der Waals surface area contributed by atoms with Gasteiger partial charge in [-0.1, -0.05) is 0 Å². The quantitative estimate of drug-likeness (QED) is 0.896. The van der Waals surface area contributed by atoms with Crippen molar-refractivity contribution >= 4 is 22.9 Å². The lowest BCUT2D eigenvalue weighted by Gasteiger charge is -2.23. The smallest absolute Gasteiger partial charge is 0.305 e. The van der Waals surface area contributed by atoms with Crippen LogP contribution in [0.1, 0.15) is 34.6 Å². The van der Waals surface area contributed by atoms with Gasteiger partial charge in [0.15, 0.2) is 0 Å². The highest BCUT2D eigenvalue weighted by atomic mass is 19.1. The third-order valence-electron chi connectivity index (χ3n) is 4.76. The fourth-order valence-electron chi connectivity index (χ4n) is 3.30. The number of carbonyl (C=O) groups excluding carboxylic acids is 1. The maximum atomic E-state index is 14.1. The van der Waals surface area contributed by atoms with Crippen molar-refractivity contribution in [2.75, 3.05) is 13.7 Å². The number of rotatable bonds is 4. The Morgan fingerprint density at radius 3 is 2.65 bits per heavy atom. The van der Waals surface area contributed by atoms with Crippen molar-refractivity contribution < 1.29 is 23.8 Å². The Morgan fingerprint density at radius 2 is 2.00 bits per heavy atom. The summed E-state index contributed by atoms with van der Waals surface area (Å²) < 4.78 is 19.4. The number of fused-ring (bicyclic) bond motifs is 1. The van der Waals surface area contributed by atoms with E-state index >= 15 is 0 Å². The zero-order valence-corrected chi connectivity index (χ0v) is 14.8. The van der Waals surface area contributed by atoms with Gasteiger partial charge in [-0.15, -0.1) is 0 Å². The predicted octanol–water partition coefficient (Wildman–Crippen LogP) is 2.09. The van der Waals surface area contributed by atoms with Gasteiger partial charge in [-0.05, 0) is 26.3 Å². The normalized spacial score (nSPS) is 19.9. The number of likely N-dealkylation sites (tertiary alicyclic amines) is 1. The van der Waals surface area contributed by atoms with Gasteiger partial charge < -0.3 is 14.7 Å². The Balaban J connectivity index is 2.05. The number of aryl methyl sites for hydroxylation is 2. The van der Waals surface area contributed by atoms with Crippen LogP contribution in [0.2, 0.25) is 0 Å². The summed E-state index contributed by atoms with van der Waals surface area (Å²) in [5.74, 6) is -2.05. The lowest BCUT2D eigenvalue weighted by Crippen LogP contribution is -2.37. The summed E-state index contributed by atoms with van der Waals surface area (Å²) in [6, 6.07) is 1.86. The maximum Gasteiger partial charge on any atom is 0.305 e. The topological polar surface area (TPSA) is 92.6 Å². The summed E-state index contributed by atoms with van der Waals surface area (Å²) in [5.41, 5.74) is 2.01. The number of amides is 1. The van der Waals surface area contributed by atoms with Crippen molar-refractivity contribution in [1.29, 1.82) is 0 Å². The Morgan fingerprint density at radius 1 is 1.31 bits per heavy atom. The molecule has 2 heterocycles. The average molecular weight is 361 g/mol. The molecule has 1 fully saturated rings. The monoisotopic (exact) mass is 361 g/mol. The van der Waals surface area contributed by atoms with Gasteiger partial charge in [0.2, 0.25) is 0 Å². The Bertz CT molecular complexity index is 886. The van der Waals surface area contributed by atoms with Crippen LogP contribution in [0.15, 0.2) is 12.1 Å². The van der Waals surface area contributed by atoms with Gasteiger partial charge in [0.25, 0.3) is 5.91 Å². The van der Waals surface area contributed by atoms with Crippen molar-refractivity contribution in [1.82, 2.24) is 14.9 Å². The number of ether oxygens (including phenoxy) is 1. The molecule has 138 valence electrons. The number of benzene rings is 1. The average Bonchev–Trinajstić information content (AvgIpc) is 2.97. The minimum Gasteiger partial charge on any atom is -0.481 e. The molecule has 8 heteroatoms. The van der Waals surface area contributed by atoms with Crippen LogP contribution in [0.5, 0.6) is 0 Å². The van der Waals surface area contributed by atoms with Crippen LogP contribution >= 0.6 is 0 Å². The van der Waals surface area contributed by atoms with Crippen LogP contribution < -0.4 is 0 Å². The molecule has 2 unspecified atom stereocenters. The van der Waals surface area contributed by atoms with Gasteiger partial charge in [0.05, 0.1) is 35.0 Å². The minimum absolute atomic E-state index is 0.0859. The molecule has 1 aromatic heterocycles. The maximum absolute atomic E-state index is 14.1. The molecule has 3 rings (SSSR count). The first kappa shape index (κ1) is 18.2. The summed E-state index contributed by atoms with van der Waals surface area (Å²) in [6.45, 7) is 3.79. The molecule has 1 aliphatic heterocycles. The van der Waals surface area contributed by atoms with E-state index in [0.29, 0.717) is 28.8 Å². The number of hydrogen-bond donors (Lipinski definition) is 1. The summed E-state index contributed by atoms with van der Waals surface area (Å²) in [6.07, 6.45) is -0.0213. The van der Waals surface area contributed by atoms with E-state index < -0.39 is 23.7 Å². The first-order chi connectivity index (χ1) is 12.3. The van der Waals surface area contributed by atoms with Gasteiger partial charge >= 0.3 is 5.97 Å². The first-order valence-corrected chi connectivity index (χ1v) is 8.30. The molecule has 0 radical (unpaired) electrons. The Kier molecular flexibility index (Phi) is 4.86. The van der Waals surface area contributed by atoms with E-state index in [2.05, 4.69) is 9.97 Å². The fraction of sp³-hybridized carbons (Fsp3) is 0.444. The third kappa shape index (κ3) is 3.37. The van der Waals surface area contributed by atoms with Crippen molar-refractivity contribution in [2.45, 2.75) is 38.8 Å². The zero-order chi connectivity index (χ0) is 19.0. The molecule has 2 aromatic rings. The lowest BCUT2D eigenvalue weighted by molar-refractivity contribution is -0.137. The van der Waals surface area contributed by atoms with E-state index in [-0.39, 0.29) is 24.6 Å². The molecule has 1 aliphatic rings. The standard InChI is InChI=1S/C18H20FN3O4/c1-9-10(2)21-17-14(4-11(19)5-15(17)20-9)18(25)22-8-13(26-3)6-12(22)7-16(23)24/h4-5,12-13H,6-8H2,1-3H3,(H,23,24). The highest BCUT2D eigenvalue weighted by Crippen LogP contribution is 2.27. The fourth-order valence-corrected chi connectivity index (χ4v) is 3.30. The number of carbonyl (C=O) groups is 2. The van der Waals surface area contributed by atoms with Crippen LogP contribution in [-0.2, 0) is 9.53 Å². The van der Waals surface area contributed by atoms with Crippen LogP contribution in [0.4, 0.5) is 4.39 Å². The van der Waals surface area contributed by atoms with Gasteiger partial charge in [-0.3, -0.25) is 9.59 Å². The van der Waals surface area contributed by atoms with Crippen molar-refractivity contribution in [3.8, 4) is 0 Å².